The number of nitriles is 1. The summed E-state index contributed by atoms with van der Waals surface area (Å²) in [5.41, 5.74) is 0.432. The lowest BCUT2D eigenvalue weighted by atomic mass is 9.92. The van der Waals surface area contributed by atoms with Crippen LogP contribution in [0.4, 0.5) is 0 Å². The quantitative estimate of drug-likeness (QED) is 0.705. The molecule has 19 heavy (non-hydrogen) atoms. The number of aliphatic hydroxyl groups excluding tert-OH is 1. The van der Waals surface area contributed by atoms with Crippen molar-refractivity contribution < 1.29 is 9.84 Å². The lowest BCUT2D eigenvalue weighted by molar-refractivity contribution is 0.277. The fraction of sp³-hybridized carbons (Fsp3) is 0.533. The Morgan fingerprint density at radius 1 is 1.37 bits per heavy atom. The topological polar surface area (TPSA) is 65.3 Å². The van der Waals surface area contributed by atoms with E-state index in [0.29, 0.717) is 6.61 Å². The molecule has 1 atom stereocenters. The van der Waals surface area contributed by atoms with Gasteiger partial charge in [-0.05, 0) is 44.0 Å². The number of ether oxygens (including phenoxy) is 1. The molecule has 1 rings (SSSR count). The molecule has 0 fully saturated rings. The van der Waals surface area contributed by atoms with Crippen molar-refractivity contribution in [3.05, 3.63) is 29.8 Å². The lowest BCUT2D eigenvalue weighted by Crippen LogP contribution is -2.41. The van der Waals surface area contributed by atoms with Gasteiger partial charge in [0, 0.05) is 0 Å². The second kappa shape index (κ2) is 7.78. The average molecular weight is 262 g/mol. The summed E-state index contributed by atoms with van der Waals surface area (Å²) >= 11 is 0. The molecule has 0 saturated carbocycles. The van der Waals surface area contributed by atoms with E-state index < -0.39 is 5.54 Å². The Bertz CT molecular complexity index is 405. The molecule has 1 aromatic rings. The van der Waals surface area contributed by atoms with Crippen LogP contribution in [-0.2, 0) is 6.61 Å². The Balaban J connectivity index is 2.36. The molecular weight excluding hydrogens is 240 g/mol. The molecule has 4 nitrogen and oxygen atoms in total. The minimum absolute atomic E-state index is 0.0453. The highest BCUT2D eigenvalue weighted by Crippen LogP contribution is 2.17. The highest BCUT2D eigenvalue weighted by molar-refractivity contribution is 5.26. The van der Waals surface area contributed by atoms with E-state index in [1.807, 2.05) is 38.2 Å². The zero-order chi connectivity index (χ0) is 14.1. The Hall–Kier alpha value is -1.57. The summed E-state index contributed by atoms with van der Waals surface area (Å²) in [5, 5.41) is 21.2. The van der Waals surface area contributed by atoms with Crippen LogP contribution in [0, 0.1) is 11.3 Å². The summed E-state index contributed by atoms with van der Waals surface area (Å²) in [6, 6.07) is 9.71. The van der Waals surface area contributed by atoms with E-state index in [4.69, 9.17) is 9.84 Å². The van der Waals surface area contributed by atoms with Gasteiger partial charge in [-0.3, -0.25) is 0 Å². The summed E-state index contributed by atoms with van der Waals surface area (Å²) in [5.74, 6) is 0.792. The summed E-state index contributed by atoms with van der Waals surface area (Å²) in [4.78, 5) is 0. The van der Waals surface area contributed by atoms with E-state index in [2.05, 4.69) is 11.4 Å². The summed E-state index contributed by atoms with van der Waals surface area (Å²) in [6.07, 6.45) is 2.38. The molecule has 1 unspecified atom stereocenters. The number of aliphatic hydroxyl groups is 1. The van der Waals surface area contributed by atoms with Crippen molar-refractivity contribution in [1.82, 2.24) is 5.32 Å². The van der Waals surface area contributed by atoms with Gasteiger partial charge < -0.3 is 15.2 Å². The summed E-state index contributed by atoms with van der Waals surface area (Å²) < 4.78 is 5.62. The minimum atomic E-state index is -0.440. The predicted molar refractivity (Wildman–Crippen MR) is 74.8 cm³/mol. The van der Waals surface area contributed by atoms with Crippen LogP contribution in [0.1, 0.15) is 31.7 Å². The first kappa shape index (κ1) is 15.5. The Morgan fingerprint density at radius 2 is 2.05 bits per heavy atom. The van der Waals surface area contributed by atoms with E-state index in [0.717, 1.165) is 30.6 Å². The maximum Gasteiger partial charge on any atom is 0.119 e. The number of nitrogens with zero attached hydrogens (tertiary/aromatic N) is 1. The first-order chi connectivity index (χ1) is 9.19. The van der Waals surface area contributed by atoms with Gasteiger partial charge in [-0.15, -0.1) is 0 Å². The van der Waals surface area contributed by atoms with Crippen molar-refractivity contribution in [2.75, 3.05) is 13.7 Å². The smallest absolute Gasteiger partial charge is 0.119 e. The normalized spacial score (nSPS) is 13.6. The third kappa shape index (κ3) is 4.55. The van der Waals surface area contributed by atoms with Gasteiger partial charge >= 0.3 is 0 Å². The van der Waals surface area contributed by atoms with E-state index in [-0.39, 0.29) is 6.61 Å². The second-order valence-electron chi connectivity index (χ2n) is 4.55. The molecule has 0 radical (unpaired) electrons. The third-order valence-electron chi connectivity index (χ3n) is 3.42. The largest absolute Gasteiger partial charge is 0.494 e. The lowest BCUT2D eigenvalue weighted by Gasteiger charge is -2.24. The van der Waals surface area contributed by atoms with Crippen LogP contribution in [0.5, 0.6) is 5.75 Å². The molecule has 0 amide bonds. The summed E-state index contributed by atoms with van der Waals surface area (Å²) in [6.45, 7) is 2.64. The van der Waals surface area contributed by atoms with Crippen molar-refractivity contribution in [1.29, 1.82) is 5.26 Å². The van der Waals surface area contributed by atoms with Crippen LogP contribution in [0.3, 0.4) is 0 Å². The highest BCUT2D eigenvalue weighted by atomic mass is 16.5. The fourth-order valence-electron chi connectivity index (χ4n) is 1.92. The van der Waals surface area contributed by atoms with E-state index in [1.165, 1.54) is 0 Å². The van der Waals surface area contributed by atoms with Gasteiger partial charge in [-0.1, -0.05) is 19.1 Å². The standard InChI is InChI=1S/C15H22N2O2/c1-3-15(12-16,17-2)9-4-10-19-14-7-5-13(11-18)6-8-14/h5-8,17-18H,3-4,9-11H2,1-2H3. The minimum Gasteiger partial charge on any atom is -0.494 e. The van der Waals surface area contributed by atoms with Crippen molar-refractivity contribution in [3.63, 3.8) is 0 Å². The summed E-state index contributed by atoms with van der Waals surface area (Å²) in [7, 11) is 1.82. The van der Waals surface area contributed by atoms with Gasteiger partial charge in [-0.25, -0.2) is 0 Å². The van der Waals surface area contributed by atoms with Gasteiger partial charge in [0.15, 0.2) is 0 Å². The highest BCUT2D eigenvalue weighted by Gasteiger charge is 2.24. The first-order valence-electron chi connectivity index (χ1n) is 6.62. The Labute approximate surface area is 115 Å². The molecule has 104 valence electrons. The molecule has 2 N–H and O–H groups in total. The molecule has 0 aliphatic heterocycles. The molecule has 1 aromatic carbocycles. The SMILES string of the molecule is CCC(C#N)(CCCOc1ccc(CO)cc1)NC. The molecule has 0 heterocycles. The van der Waals surface area contributed by atoms with Crippen molar-refractivity contribution in [3.8, 4) is 11.8 Å². The van der Waals surface area contributed by atoms with Crippen molar-refractivity contribution in [2.45, 2.75) is 38.3 Å². The van der Waals surface area contributed by atoms with Gasteiger partial charge in [-0.2, -0.15) is 5.26 Å². The zero-order valence-electron chi connectivity index (χ0n) is 11.6. The number of nitrogens with one attached hydrogen (secondary N) is 1. The van der Waals surface area contributed by atoms with E-state index in [1.54, 1.807) is 0 Å². The second-order valence-corrected chi connectivity index (χ2v) is 4.55. The van der Waals surface area contributed by atoms with E-state index >= 15 is 0 Å². The molecule has 0 aliphatic carbocycles. The van der Waals surface area contributed by atoms with Gasteiger partial charge in [0.1, 0.15) is 11.3 Å². The van der Waals surface area contributed by atoms with Crippen molar-refractivity contribution >= 4 is 0 Å². The van der Waals surface area contributed by atoms with Crippen LogP contribution in [0.25, 0.3) is 0 Å². The predicted octanol–water partition coefficient (Wildman–Crippen LogP) is 2.23. The van der Waals surface area contributed by atoms with Crippen LogP contribution in [0.2, 0.25) is 0 Å². The molecule has 0 saturated heterocycles. The van der Waals surface area contributed by atoms with Gasteiger partial charge in [0.05, 0.1) is 19.3 Å². The Kier molecular flexibility index (Phi) is 6.34. The van der Waals surface area contributed by atoms with Crippen LogP contribution in [-0.4, -0.2) is 24.3 Å². The molecule has 4 heteroatoms. The molecule has 0 aliphatic rings. The van der Waals surface area contributed by atoms with Crippen LogP contribution < -0.4 is 10.1 Å². The third-order valence-corrected chi connectivity index (χ3v) is 3.42. The average Bonchev–Trinajstić information content (AvgIpc) is 2.49. The fourth-order valence-corrected chi connectivity index (χ4v) is 1.92. The number of rotatable bonds is 8. The van der Waals surface area contributed by atoms with Crippen molar-refractivity contribution in [2.24, 2.45) is 0 Å². The number of hydrogen-bond acceptors (Lipinski definition) is 4. The maximum absolute atomic E-state index is 9.17. The maximum atomic E-state index is 9.17. The van der Waals surface area contributed by atoms with E-state index in [9.17, 15) is 5.26 Å². The number of hydrogen-bond donors (Lipinski definition) is 2. The van der Waals surface area contributed by atoms with Crippen LogP contribution >= 0.6 is 0 Å². The monoisotopic (exact) mass is 262 g/mol. The zero-order valence-corrected chi connectivity index (χ0v) is 11.6. The molecule has 0 aromatic heterocycles. The Morgan fingerprint density at radius 3 is 2.53 bits per heavy atom. The van der Waals surface area contributed by atoms with Gasteiger partial charge in [0.2, 0.25) is 0 Å². The van der Waals surface area contributed by atoms with Gasteiger partial charge in [0.25, 0.3) is 0 Å². The molecule has 0 bridgehead atoms. The molecular formula is C15H22N2O2. The van der Waals surface area contributed by atoms with Crippen LogP contribution in [0.15, 0.2) is 24.3 Å². The number of benzene rings is 1. The first-order valence-corrected chi connectivity index (χ1v) is 6.62. The molecule has 0 spiro atoms.